The Morgan fingerprint density at radius 3 is 2.95 bits per heavy atom. The third-order valence-corrected chi connectivity index (χ3v) is 3.78. The molecule has 4 nitrogen and oxygen atoms in total. The number of nitrogens with zero attached hydrogens (tertiary/aromatic N) is 1. The number of carbonyl (C=O) groups excluding carboxylic acids is 1. The molecule has 104 valence electrons. The molecule has 0 spiro atoms. The molecule has 1 aromatic carbocycles. The van der Waals surface area contributed by atoms with Crippen LogP contribution in [0.5, 0.6) is 0 Å². The minimum Gasteiger partial charge on any atom is -0.392 e. The van der Waals surface area contributed by atoms with E-state index in [1.807, 2.05) is 32.0 Å². The number of hydrogen-bond donors (Lipinski definition) is 2. The lowest BCUT2D eigenvalue weighted by atomic mass is 10.1. The number of likely N-dealkylation sites (tertiary alicyclic amines) is 1. The lowest BCUT2D eigenvalue weighted by molar-refractivity contribution is -0.116. The topological polar surface area (TPSA) is 52.6 Å². The second-order valence-corrected chi connectivity index (χ2v) is 5.29. The number of benzene rings is 1. The Morgan fingerprint density at radius 2 is 2.26 bits per heavy atom. The molecular weight excluding hydrogens is 240 g/mol. The molecule has 1 fully saturated rings. The van der Waals surface area contributed by atoms with Gasteiger partial charge in [0.2, 0.25) is 5.91 Å². The summed E-state index contributed by atoms with van der Waals surface area (Å²) in [5, 5.41) is 12.4. The molecule has 19 heavy (non-hydrogen) atoms. The van der Waals surface area contributed by atoms with E-state index in [2.05, 4.69) is 10.2 Å². The maximum Gasteiger partial charge on any atom is 0.225 e. The number of β-amino-alcohol motifs (C(OH)–C–C–N with tert-alkyl or cyclic N) is 1. The largest absolute Gasteiger partial charge is 0.392 e. The van der Waals surface area contributed by atoms with Crippen LogP contribution in [0, 0.1) is 13.8 Å². The average Bonchev–Trinajstić information content (AvgIpc) is 2.78. The van der Waals surface area contributed by atoms with Crippen molar-refractivity contribution in [2.75, 3.05) is 25.0 Å². The molecule has 0 saturated carbocycles. The van der Waals surface area contributed by atoms with Gasteiger partial charge in [-0.15, -0.1) is 0 Å². The van der Waals surface area contributed by atoms with Crippen molar-refractivity contribution < 1.29 is 9.90 Å². The Hall–Kier alpha value is -1.39. The quantitative estimate of drug-likeness (QED) is 0.868. The number of aryl methyl sites for hydroxylation is 1. The Kier molecular flexibility index (Phi) is 4.56. The van der Waals surface area contributed by atoms with Gasteiger partial charge in [-0.2, -0.15) is 0 Å². The summed E-state index contributed by atoms with van der Waals surface area (Å²) in [6.07, 6.45) is 1.07. The lowest BCUT2D eigenvalue weighted by Gasteiger charge is -2.15. The summed E-state index contributed by atoms with van der Waals surface area (Å²) in [7, 11) is 0. The molecule has 1 unspecified atom stereocenters. The zero-order valence-corrected chi connectivity index (χ0v) is 11.6. The van der Waals surface area contributed by atoms with E-state index < -0.39 is 0 Å². The SMILES string of the molecule is Cc1cccc(NC(=O)CCN2CCC(O)C2)c1C. The second kappa shape index (κ2) is 6.17. The average molecular weight is 262 g/mol. The first-order valence-electron chi connectivity index (χ1n) is 6.83. The minimum absolute atomic E-state index is 0.0371. The van der Waals surface area contributed by atoms with Gasteiger partial charge in [0.15, 0.2) is 0 Å². The second-order valence-electron chi connectivity index (χ2n) is 5.29. The van der Waals surface area contributed by atoms with Crippen LogP contribution in [0.3, 0.4) is 0 Å². The van der Waals surface area contributed by atoms with E-state index >= 15 is 0 Å². The summed E-state index contributed by atoms with van der Waals surface area (Å²) in [5.74, 6) is 0.0371. The van der Waals surface area contributed by atoms with E-state index in [1.54, 1.807) is 0 Å². The van der Waals surface area contributed by atoms with Crippen molar-refractivity contribution in [2.45, 2.75) is 32.8 Å². The standard InChI is InChI=1S/C15H22N2O2/c1-11-4-3-5-14(12(11)2)16-15(19)7-9-17-8-6-13(18)10-17/h3-5,13,18H,6-10H2,1-2H3,(H,16,19). The van der Waals surface area contributed by atoms with Crippen molar-refractivity contribution in [1.82, 2.24) is 4.90 Å². The van der Waals surface area contributed by atoms with Gasteiger partial charge in [-0.1, -0.05) is 12.1 Å². The molecule has 0 radical (unpaired) electrons. The van der Waals surface area contributed by atoms with E-state index in [0.717, 1.165) is 24.2 Å². The van der Waals surface area contributed by atoms with Crippen LogP contribution in [0.15, 0.2) is 18.2 Å². The van der Waals surface area contributed by atoms with Gasteiger partial charge in [-0.3, -0.25) is 4.79 Å². The van der Waals surface area contributed by atoms with E-state index in [9.17, 15) is 9.90 Å². The van der Waals surface area contributed by atoms with Crippen molar-refractivity contribution in [1.29, 1.82) is 0 Å². The summed E-state index contributed by atoms with van der Waals surface area (Å²) in [4.78, 5) is 14.0. The fourth-order valence-corrected chi connectivity index (χ4v) is 2.37. The van der Waals surface area contributed by atoms with Crippen LogP contribution >= 0.6 is 0 Å². The van der Waals surface area contributed by atoms with Crippen molar-refractivity contribution in [3.05, 3.63) is 29.3 Å². The van der Waals surface area contributed by atoms with Crippen LogP contribution < -0.4 is 5.32 Å². The van der Waals surface area contributed by atoms with Crippen LogP contribution in [0.1, 0.15) is 24.0 Å². The van der Waals surface area contributed by atoms with Gasteiger partial charge in [0.25, 0.3) is 0 Å². The predicted octanol–water partition coefficient (Wildman–Crippen LogP) is 1.70. The first-order valence-corrected chi connectivity index (χ1v) is 6.83. The summed E-state index contributed by atoms with van der Waals surface area (Å²) in [5.41, 5.74) is 3.19. The molecule has 1 heterocycles. The number of rotatable bonds is 4. The van der Waals surface area contributed by atoms with Gasteiger partial charge in [0, 0.05) is 31.7 Å². The van der Waals surface area contributed by atoms with Crippen LogP contribution in [0.25, 0.3) is 0 Å². The van der Waals surface area contributed by atoms with E-state index in [4.69, 9.17) is 0 Å². The third-order valence-electron chi connectivity index (χ3n) is 3.78. The van der Waals surface area contributed by atoms with Gasteiger partial charge >= 0.3 is 0 Å². The zero-order valence-electron chi connectivity index (χ0n) is 11.6. The number of amides is 1. The Bertz CT molecular complexity index is 459. The molecule has 1 amide bonds. The first kappa shape index (κ1) is 14.0. The van der Waals surface area contributed by atoms with Crippen molar-refractivity contribution in [3.63, 3.8) is 0 Å². The van der Waals surface area contributed by atoms with E-state index in [-0.39, 0.29) is 12.0 Å². The molecule has 0 aliphatic carbocycles. The molecule has 0 bridgehead atoms. The summed E-state index contributed by atoms with van der Waals surface area (Å²) in [6, 6.07) is 5.92. The number of carbonyl (C=O) groups is 1. The number of nitrogens with one attached hydrogen (secondary N) is 1. The Labute approximate surface area is 114 Å². The molecule has 1 saturated heterocycles. The highest BCUT2D eigenvalue weighted by molar-refractivity contribution is 5.91. The fraction of sp³-hybridized carbons (Fsp3) is 0.533. The number of aliphatic hydroxyl groups is 1. The minimum atomic E-state index is -0.220. The predicted molar refractivity (Wildman–Crippen MR) is 76.2 cm³/mol. The van der Waals surface area contributed by atoms with Gasteiger partial charge in [-0.05, 0) is 37.5 Å². The molecule has 0 aromatic heterocycles. The normalized spacial score (nSPS) is 19.6. The molecule has 1 aliphatic heterocycles. The molecule has 1 aromatic rings. The Balaban J connectivity index is 1.82. The highest BCUT2D eigenvalue weighted by Crippen LogP contribution is 2.18. The molecule has 2 rings (SSSR count). The maximum atomic E-state index is 11.9. The highest BCUT2D eigenvalue weighted by atomic mass is 16.3. The summed E-state index contributed by atoms with van der Waals surface area (Å²) in [6.45, 7) is 6.35. The molecule has 1 aliphatic rings. The van der Waals surface area contributed by atoms with Crippen LogP contribution in [-0.4, -0.2) is 41.7 Å². The number of hydrogen-bond acceptors (Lipinski definition) is 3. The number of anilines is 1. The van der Waals surface area contributed by atoms with Crippen LogP contribution in [0.2, 0.25) is 0 Å². The molecule has 4 heteroatoms. The monoisotopic (exact) mass is 262 g/mol. The van der Waals surface area contributed by atoms with Crippen LogP contribution in [0.4, 0.5) is 5.69 Å². The van der Waals surface area contributed by atoms with Crippen molar-refractivity contribution >= 4 is 11.6 Å². The lowest BCUT2D eigenvalue weighted by Crippen LogP contribution is -2.26. The Morgan fingerprint density at radius 1 is 1.47 bits per heavy atom. The van der Waals surface area contributed by atoms with Crippen LogP contribution in [-0.2, 0) is 4.79 Å². The maximum absolute atomic E-state index is 11.9. The smallest absolute Gasteiger partial charge is 0.225 e. The van der Waals surface area contributed by atoms with Gasteiger partial charge in [0.1, 0.15) is 0 Å². The third kappa shape index (κ3) is 3.78. The van der Waals surface area contributed by atoms with Crippen molar-refractivity contribution in [2.24, 2.45) is 0 Å². The summed E-state index contributed by atoms with van der Waals surface area (Å²) >= 11 is 0. The molecular formula is C15H22N2O2. The fourth-order valence-electron chi connectivity index (χ4n) is 2.37. The van der Waals surface area contributed by atoms with Gasteiger partial charge in [0.05, 0.1) is 6.10 Å². The van der Waals surface area contributed by atoms with Gasteiger partial charge < -0.3 is 15.3 Å². The molecule has 2 N–H and O–H groups in total. The van der Waals surface area contributed by atoms with E-state index in [1.165, 1.54) is 5.56 Å². The first-order chi connectivity index (χ1) is 9.06. The summed E-state index contributed by atoms with van der Waals surface area (Å²) < 4.78 is 0. The van der Waals surface area contributed by atoms with Crippen molar-refractivity contribution in [3.8, 4) is 0 Å². The highest BCUT2D eigenvalue weighted by Gasteiger charge is 2.20. The van der Waals surface area contributed by atoms with Gasteiger partial charge in [-0.25, -0.2) is 0 Å². The zero-order chi connectivity index (χ0) is 13.8. The van der Waals surface area contributed by atoms with E-state index in [0.29, 0.717) is 19.5 Å². The number of aliphatic hydroxyl groups excluding tert-OH is 1. The molecule has 1 atom stereocenters.